The molecule has 2 rings (SSSR count). The molecule has 0 amide bonds. The summed E-state index contributed by atoms with van der Waals surface area (Å²) in [5.74, 6) is 0.157. The van der Waals surface area contributed by atoms with Gasteiger partial charge in [0.05, 0.1) is 6.26 Å². The van der Waals surface area contributed by atoms with Crippen LogP contribution in [0.3, 0.4) is 0 Å². The molecule has 0 radical (unpaired) electrons. The smallest absolute Gasteiger partial charge is 0.330 e. The fourth-order valence-electron chi connectivity index (χ4n) is 3.71. The summed E-state index contributed by atoms with van der Waals surface area (Å²) in [5.41, 5.74) is 0. The first-order valence-corrected chi connectivity index (χ1v) is 9.10. The summed E-state index contributed by atoms with van der Waals surface area (Å²) < 4.78 is 31.2. The molecule has 20 heavy (non-hydrogen) atoms. The van der Waals surface area contributed by atoms with Crippen LogP contribution >= 0.6 is 0 Å². The molecule has 1 N–H and O–H groups in total. The molecule has 2 aliphatic rings. The second-order valence-electron chi connectivity index (χ2n) is 5.87. The molecular formula is C14H23NO4S. The zero-order chi connectivity index (χ0) is 14.8. The van der Waals surface area contributed by atoms with Crippen LogP contribution in [0, 0.1) is 11.8 Å². The average molecular weight is 301 g/mol. The number of hydrogen-bond donors (Lipinski definition) is 1. The van der Waals surface area contributed by atoms with Crippen molar-refractivity contribution >= 4 is 16.0 Å². The van der Waals surface area contributed by atoms with Gasteiger partial charge in [0.1, 0.15) is 6.10 Å². The Morgan fingerprint density at radius 1 is 1.20 bits per heavy atom. The number of fused-ring (bicyclic) bond motifs is 1. The van der Waals surface area contributed by atoms with Crippen LogP contribution in [0.15, 0.2) is 12.7 Å². The quantitative estimate of drug-likeness (QED) is 0.632. The maximum absolute atomic E-state index is 11.5. The Labute approximate surface area is 120 Å². The van der Waals surface area contributed by atoms with E-state index < -0.39 is 10.0 Å². The zero-order valence-electron chi connectivity index (χ0n) is 11.9. The van der Waals surface area contributed by atoms with Gasteiger partial charge in [-0.15, -0.1) is 0 Å². The van der Waals surface area contributed by atoms with Crippen molar-refractivity contribution in [3.8, 4) is 0 Å². The van der Waals surface area contributed by atoms with E-state index in [0.717, 1.165) is 38.5 Å². The highest BCUT2D eigenvalue weighted by molar-refractivity contribution is 7.88. The summed E-state index contributed by atoms with van der Waals surface area (Å²) in [7, 11) is -3.19. The van der Waals surface area contributed by atoms with Gasteiger partial charge in [0.2, 0.25) is 10.0 Å². The molecule has 4 unspecified atom stereocenters. The van der Waals surface area contributed by atoms with E-state index in [-0.39, 0.29) is 30.0 Å². The first-order valence-electron chi connectivity index (χ1n) is 7.21. The summed E-state index contributed by atoms with van der Waals surface area (Å²) >= 11 is 0. The van der Waals surface area contributed by atoms with E-state index in [4.69, 9.17) is 4.74 Å². The van der Waals surface area contributed by atoms with E-state index in [1.165, 1.54) is 12.3 Å². The predicted octanol–water partition coefficient (Wildman–Crippen LogP) is 1.60. The SMILES string of the molecule is C=CC(=O)OC1CCCC2C(NS(C)(=O)=O)CCCC12. The monoisotopic (exact) mass is 301 g/mol. The first kappa shape index (κ1) is 15.5. The van der Waals surface area contributed by atoms with Gasteiger partial charge in [0.15, 0.2) is 0 Å². The maximum atomic E-state index is 11.5. The lowest BCUT2D eigenvalue weighted by Crippen LogP contribution is -2.50. The van der Waals surface area contributed by atoms with E-state index in [1.54, 1.807) is 0 Å². The molecule has 4 atom stereocenters. The molecule has 114 valence electrons. The van der Waals surface area contributed by atoms with Gasteiger partial charge in [-0.2, -0.15) is 0 Å². The third kappa shape index (κ3) is 3.82. The van der Waals surface area contributed by atoms with Crippen LogP contribution in [0.25, 0.3) is 0 Å². The number of sulfonamides is 1. The molecule has 0 bridgehead atoms. The number of nitrogens with one attached hydrogen (secondary N) is 1. The van der Waals surface area contributed by atoms with Gasteiger partial charge in [0, 0.05) is 18.0 Å². The van der Waals surface area contributed by atoms with Crippen molar-refractivity contribution in [2.75, 3.05) is 6.26 Å². The van der Waals surface area contributed by atoms with Crippen LogP contribution in [-0.2, 0) is 19.6 Å². The topological polar surface area (TPSA) is 72.5 Å². The van der Waals surface area contributed by atoms with E-state index in [1.807, 2.05) is 0 Å². The standard InChI is InChI=1S/C14H23NO4S/c1-3-14(16)19-13-9-5-6-10-11(13)7-4-8-12(10)15-20(2,17)18/h3,10-13,15H,1,4-9H2,2H3. The lowest BCUT2D eigenvalue weighted by atomic mass is 9.67. The molecule has 2 aliphatic carbocycles. The molecule has 2 fully saturated rings. The number of carbonyl (C=O) groups excluding carboxylic acids is 1. The predicted molar refractivity (Wildman–Crippen MR) is 76.5 cm³/mol. The molecule has 5 nitrogen and oxygen atoms in total. The van der Waals surface area contributed by atoms with Crippen molar-refractivity contribution in [2.45, 2.75) is 50.7 Å². The van der Waals surface area contributed by atoms with Gasteiger partial charge in [-0.3, -0.25) is 0 Å². The Kier molecular flexibility index (Phi) is 4.86. The maximum Gasteiger partial charge on any atom is 0.330 e. The number of esters is 1. The largest absolute Gasteiger partial charge is 0.459 e. The minimum atomic E-state index is -3.19. The highest BCUT2D eigenvalue weighted by Gasteiger charge is 2.42. The van der Waals surface area contributed by atoms with Gasteiger partial charge in [-0.25, -0.2) is 17.9 Å². The normalized spacial score (nSPS) is 34.0. The van der Waals surface area contributed by atoms with Crippen LogP contribution in [0.1, 0.15) is 38.5 Å². The van der Waals surface area contributed by atoms with E-state index in [2.05, 4.69) is 11.3 Å². The van der Waals surface area contributed by atoms with E-state index >= 15 is 0 Å². The summed E-state index contributed by atoms with van der Waals surface area (Å²) in [6.45, 7) is 3.43. The summed E-state index contributed by atoms with van der Waals surface area (Å²) in [4.78, 5) is 11.4. The van der Waals surface area contributed by atoms with Crippen LogP contribution in [0.2, 0.25) is 0 Å². The molecule has 2 saturated carbocycles. The van der Waals surface area contributed by atoms with Gasteiger partial charge >= 0.3 is 5.97 Å². The fourth-order valence-corrected chi connectivity index (χ4v) is 4.55. The van der Waals surface area contributed by atoms with Crippen molar-refractivity contribution in [2.24, 2.45) is 11.8 Å². The fraction of sp³-hybridized carbons (Fsp3) is 0.786. The number of carbonyl (C=O) groups is 1. The van der Waals surface area contributed by atoms with Crippen molar-refractivity contribution < 1.29 is 17.9 Å². The molecular weight excluding hydrogens is 278 g/mol. The summed E-state index contributed by atoms with van der Waals surface area (Å²) in [5, 5.41) is 0. The molecule has 6 heteroatoms. The Balaban J connectivity index is 2.08. The van der Waals surface area contributed by atoms with Crippen molar-refractivity contribution in [1.82, 2.24) is 4.72 Å². The third-order valence-electron chi connectivity index (χ3n) is 4.42. The number of hydrogen-bond acceptors (Lipinski definition) is 4. The van der Waals surface area contributed by atoms with Gasteiger partial charge < -0.3 is 4.74 Å². The van der Waals surface area contributed by atoms with E-state index in [9.17, 15) is 13.2 Å². The van der Waals surface area contributed by atoms with Gasteiger partial charge in [-0.05, 0) is 38.0 Å². The summed E-state index contributed by atoms with van der Waals surface area (Å²) in [6, 6.07) is -0.0195. The van der Waals surface area contributed by atoms with Crippen LogP contribution in [-0.4, -0.2) is 32.8 Å². The minimum Gasteiger partial charge on any atom is -0.459 e. The molecule has 0 saturated heterocycles. The third-order valence-corrected chi connectivity index (χ3v) is 5.15. The Morgan fingerprint density at radius 3 is 2.50 bits per heavy atom. The molecule has 0 spiro atoms. The molecule has 0 heterocycles. The van der Waals surface area contributed by atoms with Crippen molar-refractivity contribution in [1.29, 1.82) is 0 Å². The van der Waals surface area contributed by atoms with Crippen molar-refractivity contribution in [3.05, 3.63) is 12.7 Å². The van der Waals surface area contributed by atoms with Crippen LogP contribution < -0.4 is 4.72 Å². The second-order valence-corrected chi connectivity index (χ2v) is 7.65. The highest BCUT2D eigenvalue weighted by atomic mass is 32.2. The first-order chi connectivity index (χ1) is 9.40. The molecule has 0 aromatic carbocycles. The lowest BCUT2D eigenvalue weighted by Gasteiger charge is -2.44. The number of ether oxygens (including phenoxy) is 1. The number of rotatable bonds is 4. The second kappa shape index (κ2) is 6.26. The Hall–Kier alpha value is -0.880. The van der Waals surface area contributed by atoms with Crippen LogP contribution in [0.4, 0.5) is 0 Å². The average Bonchev–Trinajstić information content (AvgIpc) is 2.38. The minimum absolute atomic E-state index is 0.0195. The molecule has 0 aliphatic heterocycles. The Morgan fingerprint density at radius 2 is 1.85 bits per heavy atom. The van der Waals surface area contributed by atoms with E-state index in [0.29, 0.717) is 0 Å². The molecule has 0 aromatic rings. The highest BCUT2D eigenvalue weighted by Crippen LogP contribution is 2.42. The van der Waals surface area contributed by atoms with Crippen molar-refractivity contribution in [3.63, 3.8) is 0 Å². The summed E-state index contributed by atoms with van der Waals surface area (Å²) in [6.07, 6.45) is 7.98. The van der Waals surface area contributed by atoms with Gasteiger partial charge in [-0.1, -0.05) is 13.0 Å². The zero-order valence-corrected chi connectivity index (χ0v) is 12.7. The Bertz CT molecular complexity index is 474. The molecule has 0 aromatic heterocycles. The van der Waals surface area contributed by atoms with Crippen LogP contribution in [0.5, 0.6) is 0 Å². The van der Waals surface area contributed by atoms with Gasteiger partial charge in [0.25, 0.3) is 0 Å². The lowest BCUT2D eigenvalue weighted by molar-refractivity contribution is -0.150.